The number of carbonyl (C=O) groups is 1. The summed E-state index contributed by atoms with van der Waals surface area (Å²) in [6, 6.07) is 14.7. The second kappa shape index (κ2) is 7.99. The quantitative estimate of drug-likeness (QED) is 0.381. The molecule has 0 aliphatic heterocycles. The van der Waals surface area contributed by atoms with E-state index in [1.807, 2.05) is 17.5 Å². The number of carbonyl (C=O) groups excluding carboxylic acids is 1. The number of benzene rings is 2. The molecule has 7 heteroatoms. The van der Waals surface area contributed by atoms with Crippen molar-refractivity contribution in [3.05, 3.63) is 82.2 Å². The third kappa shape index (κ3) is 4.26. The van der Waals surface area contributed by atoms with Crippen molar-refractivity contribution in [1.82, 2.24) is 4.73 Å². The van der Waals surface area contributed by atoms with Crippen molar-refractivity contribution < 1.29 is 22.8 Å². The number of rotatable bonds is 5. The zero-order chi connectivity index (χ0) is 21.3. The highest BCUT2D eigenvalue weighted by Crippen LogP contribution is 2.34. The molecule has 0 amide bonds. The van der Waals surface area contributed by atoms with Gasteiger partial charge in [0.1, 0.15) is 0 Å². The van der Waals surface area contributed by atoms with E-state index in [2.05, 4.69) is 6.07 Å². The maximum Gasteiger partial charge on any atom is 0.416 e. The molecule has 0 radical (unpaired) electrons. The van der Waals surface area contributed by atoms with Crippen LogP contribution in [0.15, 0.2) is 66.2 Å². The number of hydrogen-bond donors (Lipinski definition) is 0. The third-order valence-electron chi connectivity index (χ3n) is 4.82. The zero-order valence-electron chi connectivity index (χ0n) is 16.1. The summed E-state index contributed by atoms with van der Waals surface area (Å²) in [5.41, 5.74) is 2.13. The summed E-state index contributed by atoms with van der Waals surface area (Å²) < 4.78 is 40.8. The number of alkyl halides is 3. The molecule has 0 bridgehead atoms. The maximum absolute atomic E-state index is 13.1. The van der Waals surface area contributed by atoms with Gasteiger partial charge in [0.25, 0.3) is 0 Å². The van der Waals surface area contributed by atoms with Gasteiger partial charge < -0.3 is 4.84 Å². The SMILES string of the molecule is CC(=O)On1cc(CCc2cccs2)c2cc(-c3cccc(C(F)(F)F)c3)ccc21. The van der Waals surface area contributed by atoms with Gasteiger partial charge in [0.05, 0.1) is 11.1 Å². The third-order valence-corrected chi connectivity index (χ3v) is 5.76. The van der Waals surface area contributed by atoms with Crippen LogP contribution in [0.1, 0.15) is 22.9 Å². The summed E-state index contributed by atoms with van der Waals surface area (Å²) in [6.45, 7) is 1.33. The lowest BCUT2D eigenvalue weighted by Gasteiger charge is -2.09. The Balaban J connectivity index is 1.76. The molecular formula is C23H18F3NO2S. The molecule has 2 heterocycles. The smallest absolute Gasteiger partial charge is 0.337 e. The Hall–Kier alpha value is -3.06. The number of aryl methyl sites for hydroxylation is 2. The van der Waals surface area contributed by atoms with E-state index in [9.17, 15) is 18.0 Å². The van der Waals surface area contributed by atoms with Gasteiger partial charge in [-0.15, -0.1) is 11.3 Å². The van der Waals surface area contributed by atoms with Crippen LogP contribution >= 0.6 is 11.3 Å². The second-order valence-corrected chi connectivity index (χ2v) is 7.99. The molecule has 0 spiro atoms. The Kier molecular flexibility index (Phi) is 5.39. The van der Waals surface area contributed by atoms with Crippen LogP contribution in [0.2, 0.25) is 0 Å². The molecule has 154 valence electrons. The van der Waals surface area contributed by atoms with Crippen molar-refractivity contribution in [2.45, 2.75) is 25.9 Å². The lowest BCUT2D eigenvalue weighted by Crippen LogP contribution is -2.15. The van der Waals surface area contributed by atoms with Crippen LogP contribution in [0.4, 0.5) is 13.2 Å². The van der Waals surface area contributed by atoms with Gasteiger partial charge in [-0.05, 0) is 65.2 Å². The van der Waals surface area contributed by atoms with Gasteiger partial charge in [-0.1, -0.05) is 24.3 Å². The highest BCUT2D eigenvalue weighted by Gasteiger charge is 2.30. The minimum atomic E-state index is -4.40. The van der Waals surface area contributed by atoms with E-state index in [0.29, 0.717) is 16.6 Å². The number of nitrogens with zero attached hydrogens (tertiary/aromatic N) is 1. The van der Waals surface area contributed by atoms with Crippen molar-refractivity contribution in [3.63, 3.8) is 0 Å². The van der Waals surface area contributed by atoms with Crippen LogP contribution in [0.25, 0.3) is 22.0 Å². The number of aromatic nitrogens is 1. The normalized spacial score (nSPS) is 11.7. The first-order valence-corrected chi connectivity index (χ1v) is 10.2. The standard InChI is InChI=1S/C23H18F3NO2S/c1-15(28)29-27-14-18(7-9-20-6-3-11-30-20)21-13-17(8-10-22(21)27)16-4-2-5-19(12-16)23(24,25)26/h2-6,8,10-14H,7,9H2,1H3. The van der Waals surface area contributed by atoms with E-state index in [0.717, 1.165) is 35.9 Å². The van der Waals surface area contributed by atoms with Crippen molar-refractivity contribution in [1.29, 1.82) is 0 Å². The van der Waals surface area contributed by atoms with E-state index >= 15 is 0 Å². The van der Waals surface area contributed by atoms with Gasteiger partial charge in [-0.3, -0.25) is 0 Å². The number of fused-ring (bicyclic) bond motifs is 1. The molecule has 2 aromatic carbocycles. The highest BCUT2D eigenvalue weighted by atomic mass is 32.1. The molecule has 0 N–H and O–H groups in total. The van der Waals surface area contributed by atoms with Crippen molar-refractivity contribution in [2.24, 2.45) is 0 Å². The minimum absolute atomic E-state index is 0.446. The summed E-state index contributed by atoms with van der Waals surface area (Å²) in [7, 11) is 0. The van der Waals surface area contributed by atoms with Crippen LogP contribution in [0.5, 0.6) is 0 Å². The second-order valence-electron chi connectivity index (χ2n) is 6.95. The lowest BCUT2D eigenvalue weighted by atomic mass is 9.99. The first-order valence-electron chi connectivity index (χ1n) is 9.34. The molecule has 0 unspecified atom stereocenters. The zero-order valence-corrected chi connectivity index (χ0v) is 16.9. The topological polar surface area (TPSA) is 31.2 Å². The van der Waals surface area contributed by atoms with Gasteiger partial charge >= 0.3 is 12.1 Å². The fraction of sp³-hybridized carbons (Fsp3) is 0.174. The predicted molar refractivity (Wildman–Crippen MR) is 111 cm³/mol. The minimum Gasteiger partial charge on any atom is -0.337 e. The van der Waals surface area contributed by atoms with Crippen LogP contribution in [0, 0.1) is 0 Å². The van der Waals surface area contributed by atoms with Crippen molar-refractivity contribution in [3.8, 4) is 11.1 Å². The van der Waals surface area contributed by atoms with E-state index in [4.69, 9.17) is 4.84 Å². The Labute approximate surface area is 175 Å². The van der Waals surface area contributed by atoms with Gasteiger partial charge in [0, 0.05) is 23.4 Å². The molecule has 0 aliphatic rings. The monoisotopic (exact) mass is 429 g/mol. The summed E-state index contributed by atoms with van der Waals surface area (Å²) in [4.78, 5) is 18.0. The Bertz CT molecular complexity index is 1190. The summed E-state index contributed by atoms with van der Waals surface area (Å²) in [5.74, 6) is -0.446. The number of thiophene rings is 1. The average molecular weight is 429 g/mol. The molecule has 0 saturated carbocycles. The van der Waals surface area contributed by atoms with E-state index in [-0.39, 0.29) is 0 Å². The molecule has 30 heavy (non-hydrogen) atoms. The van der Waals surface area contributed by atoms with Crippen LogP contribution < -0.4 is 4.84 Å². The summed E-state index contributed by atoms with van der Waals surface area (Å²) in [5, 5.41) is 2.87. The maximum atomic E-state index is 13.1. The van der Waals surface area contributed by atoms with Gasteiger partial charge in [0.2, 0.25) is 0 Å². The molecule has 0 saturated heterocycles. The van der Waals surface area contributed by atoms with E-state index in [1.165, 1.54) is 22.6 Å². The summed E-state index contributed by atoms with van der Waals surface area (Å²) in [6.07, 6.45) is -1.08. The molecule has 4 rings (SSSR count). The molecule has 0 fully saturated rings. The molecule has 3 nitrogen and oxygen atoms in total. The van der Waals surface area contributed by atoms with Gasteiger partial charge in [-0.25, -0.2) is 4.79 Å². The Morgan fingerprint density at radius 1 is 1.03 bits per heavy atom. The molecule has 0 atom stereocenters. The van der Waals surface area contributed by atoms with Crippen molar-refractivity contribution >= 4 is 28.2 Å². The number of halogens is 3. The highest BCUT2D eigenvalue weighted by molar-refractivity contribution is 7.09. The van der Waals surface area contributed by atoms with Crippen LogP contribution in [-0.4, -0.2) is 10.7 Å². The lowest BCUT2D eigenvalue weighted by molar-refractivity contribution is -0.141. The van der Waals surface area contributed by atoms with E-state index in [1.54, 1.807) is 35.7 Å². The largest absolute Gasteiger partial charge is 0.416 e. The molecule has 0 aliphatic carbocycles. The van der Waals surface area contributed by atoms with Crippen molar-refractivity contribution in [2.75, 3.05) is 0 Å². The number of hydrogen-bond acceptors (Lipinski definition) is 3. The molecular weight excluding hydrogens is 411 g/mol. The van der Waals surface area contributed by atoms with Crippen LogP contribution in [0.3, 0.4) is 0 Å². The van der Waals surface area contributed by atoms with Gasteiger partial charge in [-0.2, -0.15) is 17.9 Å². The fourth-order valence-corrected chi connectivity index (χ4v) is 4.16. The Morgan fingerprint density at radius 3 is 2.53 bits per heavy atom. The first-order chi connectivity index (χ1) is 14.3. The van der Waals surface area contributed by atoms with Gasteiger partial charge in [0.15, 0.2) is 0 Å². The van der Waals surface area contributed by atoms with Crippen LogP contribution in [-0.2, 0) is 23.8 Å². The first kappa shape index (κ1) is 20.2. The Morgan fingerprint density at radius 2 is 1.83 bits per heavy atom. The molecule has 2 aromatic heterocycles. The summed E-state index contributed by atoms with van der Waals surface area (Å²) >= 11 is 1.67. The van der Waals surface area contributed by atoms with E-state index < -0.39 is 17.7 Å². The predicted octanol–water partition coefficient (Wildman–Crippen LogP) is 6.15. The molecule has 4 aromatic rings. The fourth-order valence-electron chi connectivity index (χ4n) is 3.45. The average Bonchev–Trinajstić information content (AvgIpc) is 3.33.